The molecule has 1 aromatic heterocycles. The molecular weight excluding hydrogens is 206 g/mol. The Morgan fingerprint density at radius 2 is 2.44 bits per heavy atom. The molecule has 0 radical (unpaired) electrons. The Balaban J connectivity index is 2.03. The molecule has 1 saturated carbocycles. The molecule has 0 bridgehead atoms. The molecule has 0 saturated heterocycles. The molecule has 88 valence electrons. The Labute approximate surface area is 95.0 Å². The fourth-order valence-corrected chi connectivity index (χ4v) is 1.64. The van der Waals surface area contributed by atoms with Crippen molar-refractivity contribution in [2.45, 2.75) is 32.4 Å². The maximum Gasteiger partial charge on any atom is 0.410 e. The lowest BCUT2D eigenvalue weighted by atomic mass is 10.4. The minimum absolute atomic E-state index is 0.229. The monoisotopic (exact) mass is 223 g/mol. The number of aromatic nitrogens is 2. The van der Waals surface area contributed by atoms with Crippen LogP contribution in [-0.4, -0.2) is 33.2 Å². The quantitative estimate of drug-likeness (QED) is 0.778. The first-order chi connectivity index (χ1) is 7.72. The number of hydrogen-bond donors (Lipinski definition) is 0. The first kappa shape index (κ1) is 11.0. The van der Waals surface area contributed by atoms with Gasteiger partial charge in [-0.05, 0) is 19.8 Å². The standard InChI is InChI=1S/C11H17N3O2/c1-3-16-11(15)14(9-4-5-9)8-10-12-6-7-13(10)2/h6-7,9H,3-5,8H2,1-2H3. The number of nitrogens with zero attached hydrogens (tertiary/aromatic N) is 3. The van der Waals surface area contributed by atoms with Crippen LogP contribution in [0.25, 0.3) is 0 Å². The first-order valence-corrected chi connectivity index (χ1v) is 5.62. The summed E-state index contributed by atoms with van der Waals surface area (Å²) >= 11 is 0. The van der Waals surface area contributed by atoms with Gasteiger partial charge in [0.25, 0.3) is 0 Å². The van der Waals surface area contributed by atoms with Crippen LogP contribution < -0.4 is 0 Å². The molecule has 1 fully saturated rings. The van der Waals surface area contributed by atoms with Crippen LogP contribution in [0.15, 0.2) is 12.4 Å². The molecule has 0 spiro atoms. The van der Waals surface area contributed by atoms with Crippen LogP contribution in [0.4, 0.5) is 4.79 Å². The summed E-state index contributed by atoms with van der Waals surface area (Å²) in [6, 6.07) is 0.343. The number of carbonyl (C=O) groups is 1. The highest BCUT2D eigenvalue weighted by molar-refractivity contribution is 5.68. The van der Waals surface area contributed by atoms with E-state index in [0.29, 0.717) is 19.2 Å². The minimum Gasteiger partial charge on any atom is -0.450 e. The zero-order valence-electron chi connectivity index (χ0n) is 9.72. The lowest BCUT2D eigenvalue weighted by Gasteiger charge is -2.20. The molecule has 0 aliphatic heterocycles. The van der Waals surface area contributed by atoms with E-state index in [-0.39, 0.29) is 6.09 Å². The van der Waals surface area contributed by atoms with E-state index in [1.54, 1.807) is 11.1 Å². The lowest BCUT2D eigenvalue weighted by molar-refractivity contribution is 0.100. The fourth-order valence-electron chi connectivity index (χ4n) is 1.64. The number of amides is 1. The second kappa shape index (κ2) is 4.55. The van der Waals surface area contributed by atoms with Crippen molar-refractivity contribution < 1.29 is 9.53 Å². The van der Waals surface area contributed by atoms with Crippen LogP contribution >= 0.6 is 0 Å². The van der Waals surface area contributed by atoms with Crippen molar-refractivity contribution in [3.8, 4) is 0 Å². The molecule has 1 aliphatic rings. The highest BCUT2D eigenvalue weighted by atomic mass is 16.6. The summed E-state index contributed by atoms with van der Waals surface area (Å²) < 4.78 is 6.97. The number of imidazole rings is 1. The predicted octanol–water partition coefficient (Wildman–Crippen LogP) is 1.54. The molecule has 0 aromatic carbocycles. The van der Waals surface area contributed by atoms with Crippen LogP contribution in [-0.2, 0) is 18.3 Å². The van der Waals surface area contributed by atoms with Crippen LogP contribution in [0, 0.1) is 0 Å². The second-order valence-electron chi connectivity index (χ2n) is 4.01. The lowest BCUT2D eigenvalue weighted by Crippen LogP contribution is -2.34. The summed E-state index contributed by atoms with van der Waals surface area (Å²) in [6.07, 6.45) is 5.54. The van der Waals surface area contributed by atoms with Gasteiger partial charge in [-0.15, -0.1) is 0 Å². The molecule has 5 heteroatoms. The van der Waals surface area contributed by atoms with Gasteiger partial charge in [-0.25, -0.2) is 9.78 Å². The van der Waals surface area contributed by atoms with Gasteiger partial charge in [0.1, 0.15) is 5.82 Å². The van der Waals surface area contributed by atoms with Crippen molar-refractivity contribution in [2.75, 3.05) is 6.61 Å². The van der Waals surface area contributed by atoms with E-state index in [2.05, 4.69) is 4.98 Å². The van der Waals surface area contributed by atoms with Crippen molar-refractivity contribution in [1.82, 2.24) is 14.5 Å². The highest BCUT2D eigenvalue weighted by Crippen LogP contribution is 2.28. The van der Waals surface area contributed by atoms with Crippen molar-refractivity contribution in [1.29, 1.82) is 0 Å². The Hall–Kier alpha value is -1.52. The van der Waals surface area contributed by atoms with E-state index in [4.69, 9.17) is 4.74 Å². The SMILES string of the molecule is CCOC(=O)N(Cc1nccn1C)C1CC1. The molecule has 0 atom stereocenters. The average Bonchev–Trinajstić information content (AvgIpc) is 3.00. The zero-order chi connectivity index (χ0) is 11.5. The van der Waals surface area contributed by atoms with Crippen LogP contribution in [0.5, 0.6) is 0 Å². The predicted molar refractivity (Wildman–Crippen MR) is 58.8 cm³/mol. The Morgan fingerprint density at radius 1 is 1.69 bits per heavy atom. The number of hydrogen-bond acceptors (Lipinski definition) is 3. The molecular formula is C11H17N3O2. The van der Waals surface area contributed by atoms with Gasteiger partial charge >= 0.3 is 6.09 Å². The Bertz CT molecular complexity index is 371. The number of ether oxygens (including phenoxy) is 1. The van der Waals surface area contributed by atoms with Gasteiger partial charge in [-0.3, -0.25) is 4.90 Å². The van der Waals surface area contributed by atoms with E-state index >= 15 is 0 Å². The van der Waals surface area contributed by atoms with Gasteiger partial charge in [0.15, 0.2) is 0 Å². The van der Waals surface area contributed by atoms with E-state index < -0.39 is 0 Å². The van der Waals surface area contributed by atoms with Crippen molar-refractivity contribution in [3.05, 3.63) is 18.2 Å². The summed E-state index contributed by atoms with van der Waals surface area (Å²) in [5, 5.41) is 0. The maximum absolute atomic E-state index is 11.7. The molecule has 0 unspecified atom stereocenters. The normalized spacial score (nSPS) is 14.9. The first-order valence-electron chi connectivity index (χ1n) is 5.62. The van der Waals surface area contributed by atoms with E-state index in [9.17, 15) is 4.79 Å². The summed E-state index contributed by atoms with van der Waals surface area (Å²) in [6.45, 7) is 2.78. The third-order valence-corrected chi connectivity index (χ3v) is 2.72. The minimum atomic E-state index is -0.229. The van der Waals surface area contributed by atoms with Gasteiger partial charge in [0.05, 0.1) is 13.2 Å². The zero-order valence-corrected chi connectivity index (χ0v) is 9.72. The van der Waals surface area contributed by atoms with Crippen molar-refractivity contribution >= 4 is 6.09 Å². The van der Waals surface area contributed by atoms with E-state index in [0.717, 1.165) is 18.7 Å². The second-order valence-corrected chi connectivity index (χ2v) is 4.01. The number of aryl methyl sites for hydroxylation is 1. The molecule has 1 aromatic rings. The fraction of sp³-hybridized carbons (Fsp3) is 0.636. The molecule has 0 N–H and O–H groups in total. The van der Waals surface area contributed by atoms with Gasteiger partial charge in [0, 0.05) is 25.5 Å². The number of carbonyl (C=O) groups excluding carboxylic acids is 1. The van der Waals surface area contributed by atoms with Crippen molar-refractivity contribution in [3.63, 3.8) is 0 Å². The summed E-state index contributed by atoms with van der Waals surface area (Å²) in [7, 11) is 1.93. The molecule has 1 aliphatic carbocycles. The summed E-state index contributed by atoms with van der Waals surface area (Å²) in [5.74, 6) is 0.889. The number of rotatable bonds is 4. The largest absolute Gasteiger partial charge is 0.450 e. The summed E-state index contributed by atoms with van der Waals surface area (Å²) in [4.78, 5) is 17.7. The van der Waals surface area contributed by atoms with Crippen molar-refractivity contribution in [2.24, 2.45) is 7.05 Å². The van der Waals surface area contributed by atoms with Gasteiger partial charge in [-0.2, -0.15) is 0 Å². The molecule has 1 heterocycles. The topological polar surface area (TPSA) is 47.4 Å². The Kier molecular flexibility index (Phi) is 3.12. The summed E-state index contributed by atoms with van der Waals surface area (Å²) in [5.41, 5.74) is 0. The van der Waals surface area contributed by atoms with Crippen LogP contribution in [0.2, 0.25) is 0 Å². The van der Waals surface area contributed by atoms with Crippen LogP contribution in [0.1, 0.15) is 25.6 Å². The maximum atomic E-state index is 11.7. The third kappa shape index (κ3) is 2.35. The van der Waals surface area contributed by atoms with Gasteiger partial charge < -0.3 is 9.30 Å². The highest BCUT2D eigenvalue weighted by Gasteiger charge is 2.34. The average molecular weight is 223 g/mol. The van der Waals surface area contributed by atoms with E-state index in [1.807, 2.05) is 24.7 Å². The Morgan fingerprint density at radius 3 is 2.94 bits per heavy atom. The van der Waals surface area contributed by atoms with Crippen LogP contribution in [0.3, 0.4) is 0 Å². The molecule has 16 heavy (non-hydrogen) atoms. The van der Waals surface area contributed by atoms with E-state index in [1.165, 1.54) is 0 Å². The van der Waals surface area contributed by atoms with Gasteiger partial charge in [-0.1, -0.05) is 0 Å². The molecule has 1 amide bonds. The molecule has 2 rings (SSSR count). The molecule has 5 nitrogen and oxygen atoms in total. The third-order valence-electron chi connectivity index (χ3n) is 2.72. The smallest absolute Gasteiger partial charge is 0.410 e. The van der Waals surface area contributed by atoms with Gasteiger partial charge in [0.2, 0.25) is 0 Å².